The summed E-state index contributed by atoms with van der Waals surface area (Å²) in [5, 5.41) is 2.71. The maximum Gasteiger partial charge on any atom is 0.407 e. The number of amides is 1. The largest absolute Gasteiger partial charge is 0.488 e. The summed E-state index contributed by atoms with van der Waals surface area (Å²) in [5.74, 6) is 6.42. The highest BCUT2D eigenvalue weighted by molar-refractivity contribution is 7.89. The third kappa shape index (κ3) is 7.06. The molecule has 0 aromatic heterocycles. The lowest BCUT2D eigenvalue weighted by Crippen LogP contribution is -2.32. The van der Waals surface area contributed by atoms with E-state index in [4.69, 9.17) is 9.47 Å². The molecule has 0 bridgehead atoms. The highest BCUT2D eigenvalue weighted by atomic mass is 32.2. The first-order valence-electron chi connectivity index (χ1n) is 9.33. The monoisotopic (exact) mass is 408 g/mol. The van der Waals surface area contributed by atoms with Crippen molar-refractivity contribution < 1.29 is 22.7 Å². The molecule has 1 aromatic rings. The molecule has 0 fully saturated rings. The van der Waals surface area contributed by atoms with Crippen LogP contribution in [-0.4, -0.2) is 39.3 Å². The number of benzene rings is 1. The van der Waals surface area contributed by atoms with Crippen molar-refractivity contribution in [3.05, 3.63) is 23.8 Å². The zero-order valence-electron chi connectivity index (χ0n) is 16.8. The molecule has 1 heterocycles. The van der Waals surface area contributed by atoms with E-state index < -0.39 is 21.7 Å². The van der Waals surface area contributed by atoms with E-state index in [9.17, 15) is 13.2 Å². The molecule has 1 aliphatic heterocycles. The molecule has 7 nitrogen and oxygen atoms in total. The Kier molecular flexibility index (Phi) is 7.33. The van der Waals surface area contributed by atoms with E-state index in [1.165, 1.54) is 6.07 Å². The number of alkyl carbamates (subject to hydrolysis) is 1. The second kappa shape index (κ2) is 9.30. The van der Waals surface area contributed by atoms with Crippen molar-refractivity contribution in [1.82, 2.24) is 10.0 Å². The van der Waals surface area contributed by atoms with Crippen LogP contribution in [-0.2, 0) is 14.8 Å². The van der Waals surface area contributed by atoms with E-state index in [2.05, 4.69) is 21.9 Å². The predicted molar refractivity (Wildman–Crippen MR) is 107 cm³/mol. The van der Waals surface area contributed by atoms with E-state index in [1.807, 2.05) is 20.8 Å². The van der Waals surface area contributed by atoms with Crippen LogP contribution >= 0.6 is 0 Å². The summed E-state index contributed by atoms with van der Waals surface area (Å²) in [7, 11) is -3.55. The first kappa shape index (κ1) is 22.1. The zero-order valence-corrected chi connectivity index (χ0v) is 17.6. The van der Waals surface area contributed by atoms with Crippen LogP contribution in [0.4, 0.5) is 4.79 Å². The number of sulfonamides is 1. The summed E-state index contributed by atoms with van der Waals surface area (Å²) < 4.78 is 37.7. The van der Waals surface area contributed by atoms with E-state index in [-0.39, 0.29) is 17.5 Å². The second-order valence-corrected chi connectivity index (χ2v) is 9.36. The van der Waals surface area contributed by atoms with E-state index in [0.29, 0.717) is 24.3 Å². The number of fused-ring (bicyclic) bond motifs is 1. The minimum Gasteiger partial charge on any atom is -0.488 e. The van der Waals surface area contributed by atoms with Gasteiger partial charge in [-0.15, -0.1) is 0 Å². The van der Waals surface area contributed by atoms with Gasteiger partial charge in [0.15, 0.2) is 0 Å². The number of unbranched alkanes of at least 4 members (excludes halogenated alkanes) is 2. The predicted octanol–water partition coefficient (Wildman–Crippen LogP) is 2.79. The van der Waals surface area contributed by atoms with Gasteiger partial charge in [0, 0.05) is 25.1 Å². The molecule has 0 radical (unpaired) electrons. The van der Waals surface area contributed by atoms with Crippen molar-refractivity contribution in [2.24, 2.45) is 0 Å². The number of carbonyl (C=O) groups excluding carboxylic acids is 1. The van der Waals surface area contributed by atoms with Crippen LogP contribution in [0.3, 0.4) is 0 Å². The Balaban J connectivity index is 1.83. The van der Waals surface area contributed by atoms with Crippen LogP contribution in [0.2, 0.25) is 0 Å². The van der Waals surface area contributed by atoms with Crippen molar-refractivity contribution >= 4 is 16.1 Å². The maximum absolute atomic E-state index is 12.2. The average molecular weight is 409 g/mol. The lowest BCUT2D eigenvalue weighted by Gasteiger charge is -2.19. The number of nitrogens with one attached hydrogen (secondary N) is 2. The minimum atomic E-state index is -3.55. The van der Waals surface area contributed by atoms with Crippen LogP contribution in [0.25, 0.3) is 0 Å². The maximum atomic E-state index is 12.2. The van der Waals surface area contributed by atoms with Crippen LogP contribution < -0.4 is 14.8 Å². The normalized spacial score (nSPS) is 17.9. The fourth-order valence-corrected chi connectivity index (χ4v) is 3.70. The molecule has 0 saturated heterocycles. The third-order valence-corrected chi connectivity index (χ3v) is 5.21. The van der Waals surface area contributed by atoms with Crippen LogP contribution in [0, 0.1) is 11.8 Å². The molecule has 28 heavy (non-hydrogen) atoms. The zero-order chi connectivity index (χ0) is 20.8. The molecule has 2 rings (SSSR count). The van der Waals surface area contributed by atoms with Crippen molar-refractivity contribution in [3.8, 4) is 17.6 Å². The molecular formula is C20H28N2O5S. The first-order chi connectivity index (χ1) is 13.1. The van der Waals surface area contributed by atoms with Crippen LogP contribution in [0.1, 0.15) is 52.5 Å². The van der Waals surface area contributed by atoms with Gasteiger partial charge in [0.05, 0.1) is 0 Å². The Hall–Kier alpha value is -2.24. The van der Waals surface area contributed by atoms with Gasteiger partial charge in [0.1, 0.15) is 22.4 Å². The number of rotatable bonds is 4. The van der Waals surface area contributed by atoms with Gasteiger partial charge < -0.3 is 14.8 Å². The van der Waals surface area contributed by atoms with Gasteiger partial charge in [-0.2, -0.15) is 0 Å². The van der Waals surface area contributed by atoms with Crippen LogP contribution in [0.5, 0.6) is 5.75 Å². The van der Waals surface area contributed by atoms with Gasteiger partial charge in [-0.25, -0.2) is 17.9 Å². The number of ether oxygens (including phenoxy) is 2. The molecule has 0 saturated carbocycles. The smallest absolute Gasteiger partial charge is 0.407 e. The summed E-state index contributed by atoms with van der Waals surface area (Å²) in [6, 6.07) is 4.85. The van der Waals surface area contributed by atoms with Gasteiger partial charge >= 0.3 is 6.09 Å². The third-order valence-electron chi connectivity index (χ3n) is 3.75. The van der Waals surface area contributed by atoms with E-state index in [1.54, 1.807) is 19.1 Å². The first-order valence-corrected chi connectivity index (χ1v) is 10.8. The fourth-order valence-electron chi connectivity index (χ4n) is 2.47. The average Bonchev–Trinajstić information content (AvgIpc) is 2.68. The van der Waals surface area contributed by atoms with Gasteiger partial charge in [-0.05, 0) is 58.7 Å². The highest BCUT2D eigenvalue weighted by Gasteiger charge is 2.25. The molecule has 8 heteroatoms. The van der Waals surface area contributed by atoms with Crippen LogP contribution in [0.15, 0.2) is 23.1 Å². The molecule has 0 unspecified atom stereocenters. The standard InChI is InChI=1S/C20H28N2O5S/c1-15-14-22-28(24,25)18-11-10-16(13-17(18)26-15)9-7-5-6-8-12-21-19(23)27-20(2,3)4/h10-11,13,15,22H,5-6,8,12,14H2,1-4H3,(H,21,23)/t15-/m1/s1. The molecule has 154 valence electrons. The summed E-state index contributed by atoms with van der Waals surface area (Å²) in [4.78, 5) is 11.7. The summed E-state index contributed by atoms with van der Waals surface area (Å²) >= 11 is 0. The van der Waals surface area contributed by atoms with Gasteiger partial charge in [0.2, 0.25) is 10.0 Å². The molecule has 0 aliphatic carbocycles. The Bertz CT molecular complexity index is 863. The van der Waals surface area contributed by atoms with Crippen molar-refractivity contribution in [2.45, 2.75) is 63.6 Å². The number of carbonyl (C=O) groups is 1. The summed E-state index contributed by atoms with van der Waals surface area (Å²) in [5.41, 5.74) is 0.204. The Morgan fingerprint density at radius 2 is 2.11 bits per heavy atom. The van der Waals surface area contributed by atoms with Gasteiger partial charge in [-0.1, -0.05) is 11.8 Å². The molecule has 1 aromatic carbocycles. The lowest BCUT2D eigenvalue weighted by molar-refractivity contribution is 0.0527. The van der Waals surface area contributed by atoms with Crippen molar-refractivity contribution in [3.63, 3.8) is 0 Å². The summed E-state index contributed by atoms with van der Waals surface area (Å²) in [6.07, 6.45) is 1.63. The molecule has 1 amide bonds. The molecule has 1 aliphatic rings. The van der Waals surface area contributed by atoms with Crippen molar-refractivity contribution in [1.29, 1.82) is 0 Å². The number of hydrogen-bond acceptors (Lipinski definition) is 5. The molecular weight excluding hydrogens is 380 g/mol. The fraction of sp³-hybridized carbons (Fsp3) is 0.550. The Morgan fingerprint density at radius 1 is 1.36 bits per heavy atom. The minimum absolute atomic E-state index is 0.135. The Labute approximate surface area is 167 Å². The Morgan fingerprint density at radius 3 is 2.82 bits per heavy atom. The van der Waals surface area contributed by atoms with Gasteiger partial charge in [0.25, 0.3) is 0 Å². The molecule has 1 atom stereocenters. The lowest BCUT2D eigenvalue weighted by atomic mass is 10.2. The molecule has 2 N–H and O–H groups in total. The SMILES string of the molecule is C[C@@H]1CNS(=O)(=O)c2ccc(C#CCCCCNC(=O)OC(C)(C)C)cc2O1. The molecule has 0 spiro atoms. The summed E-state index contributed by atoms with van der Waals surface area (Å²) in [6.45, 7) is 8.04. The van der Waals surface area contributed by atoms with E-state index in [0.717, 1.165) is 12.8 Å². The topological polar surface area (TPSA) is 93.7 Å². The quantitative estimate of drug-likeness (QED) is 0.590. The van der Waals surface area contributed by atoms with E-state index >= 15 is 0 Å². The van der Waals surface area contributed by atoms with Gasteiger partial charge in [-0.3, -0.25) is 0 Å². The second-order valence-electron chi connectivity index (χ2n) is 7.63. The van der Waals surface area contributed by atoms with Crippen molar-refractivity contribution in [2.75, 3.05) is 13.1 Å². The number of hydrogen-bond donors (Lipinski definition) is 2. The highest BCUT2D eigenvalue weighted by Crippen LogP contribution is 2.27.